The number of nitrogens with one attached hydrogen (secondary N) is 1. The summed E-state index contributed by atoms with van der Waals surface area (Å²) in [6.07, 6.45) is 1.78. The molecular formula is C19H23N3O3. The number of anilines is 1. The van der Waals surface area contributed by atoms with E-state index in [0.29, 0.717) is 18.9 Å². The Balaban J connectivity index is 2.18. The maximum atomic E-state index is 10.7. The first-order valence-corrected chi connectivity index (χ1v) is 8.15. The Morgan fingerprint density at radius 1 is 1.20 bits per heavy atom. The fourth-order valence-electron chi connectivity index (χ4n) is 2.70. The number of non-ortho nitro benzene ring substituents is 1. The van der Waals surface area contributed by atoms with E-state index in [2.05, 4.69) is 37.4 Å². The smallest absolute Gasteiger partial charge is 0.269 e. The second-order valence-corrected chi connectivity index (χ2v) is 5.84. The molecule has 0 saturated heterocycles. The van der Waals surface area contributed by atoms with Crippen molar-refractivity contribution in [3.8, 4) is 0 Å². The lowest BCUT2D eigenvalue weighted by molar-refractivity contribution is -0.384. The lowest BCUT2D eigenvalue weighted by atomic mass is 9.94. The van der Waals surface area contributed by atoms with Gasteiger partial charge in [-0.05, 0) is 62.1 Å². The summed E-state index contributed by atoms with van der Waals surface area (Å²) in [6.45, 7) is 9.46. The quantitative estimate of drug-likeness (QED) is 0.457. The maximum Gasteiger partial charge on any atom is 0.269 e. The maximum absolute atomic E-state index is 10.7. The van der Waals surface area contributed by atoms with Crippen molar-refractivity contribution in [1.29, 1.82) is 0 Å². The van der Waals surface area contributed by atoms with E-state index < -0.39 is 4.92 Å². The van der Waals surface area contributed by atoms with Crippen molar-refractivity contribution in [3.05, 3.63) is 68.3 Å². The number of ether oxygens (including phenoxy) is 1. The number of benzene rings is 2. The Morgan fingerprint density at radius 2 is 1.88 bits per heavy atom. The normalized spacial score (nSPS) is 11.0. The van der Waals surface area contributed by atoms with Crippen LogP contribution in [0.15, 0.2) is 35.4 Å². The zero-order valence-electron chi connectivity index (χ0n) is 15.0. The number of nitro groups is 1. The molecule has 0 bridgehead atoms. The molecule has 2 aromatic rings. The third kappa shape index (κ3) is 4.64. The second-order valence-electron chi connectivity index (χ2n) is 5.84. The number of nitro benzene ring substituents is 1. The van der Waals surface area contributed by atoms with Gasteiger partial charge in [0.05, 0.1) is 23.4 Å². The summed E-state index contributed by atoms with van der Waals surface area (Å²) >= 11 is 0. The number of aryl methyl sites for hydroxylation is 2. The molecule has 2 aromatic carbocycles. The molecule has 6 nitrogen and oxygen atoms in total. The van der Waals surface area contributed by atoms with Crippen molar-refractivity contribution in [2.24, 2.45) is 5.10 Å². The number of hydrogen-bond acceptors (Lipinski definition) is 5. The Labute approximate surface area is 147 Å². The predicted molar refractivity (Wildman–Crippen MR) is 100 cm³/mol. The summed E-state index contributed by atoms with van der Waals surface area (Å²) in [7, 11) is 0. The van der Waals surface area contributed by atoms with Crippen molar-refractivity contribution < 1.29 is 9.66 Å². The van der Waals surface area contributed by atoms with E-state index in [4.69, 9.17) is 4.74 Å². The van der Waals surface area contributed by atoms with Crippen molar-refractivity contribution >= 4 is 17.6 Å². The molecule has 0 aliphatic carbocycles. The van der Waals surface area contributed by atoms with Crippen LogP contribution in [-0.2, 0) is 11.3 Å². The molecule has 0 fully saturated rings. The summed E-state index contributed by atoms with van der Waals surface area (Å²) in [5.74, 6) is 0. The van der Waals surface area contributed by atoms with Gasteiger partial charge in [0.15, 0.2) is 0 Å². The molecule has 0 aromatic heterocycles. The van der Waals surface area contributed by atoms with Gasteiger partial charge in [-0.2, -0.15) is 5.10 Å². The van der Waals surface area contributed by atoms with Crippen molar-refractivity contribution in [2.75, 3.05) is 12.0 Å². The average Bonchev–Trinajstić information content (AvgIpc) is 2.58. The summed E-state index contributed by atoms with van der Waals surface area (Å²) in [6, 6.07) is 8.28. The lowest BCUT2D eigenvalue weighted by Crippen LogP contribution is -2.04. The number of hydrogen-bond donors (Lipinski definition) is 1. The summed E-state index contributed by atoms with van der Waals surface area (Å²) in [5.41, 5.74) is 9.40. The van der Waals surface area contributed by atoms with Crippen LogP contribution in [0.4, 0.5) is 11.4 Å². The van der Waals surface area contributed by atoms with E-state index in [1.54, 1.807) is 18.3 Å². The highest BCUT2D eigenvalue weighted by molar-refractivity contribution is 5.85. The van der Waals surface area contributed by atoms with Crippen LogP contribution >= 0.6 is 0 Å². The van der Waals surface area contributed by atoms with E-state index in [-0.39, 0.29) is 5.69 Å². The van der Waals surface area contributed by atoms with Gasteiger partial charge in [0.2, 0.25) is 0 Å². The monoisotopic (exact) mass is 341 g/mol. The number of hydrazone groups is 1. The Hall–Kier alpha value is -2.73. The van der Waals surface area contributed by atoms with Gasteiger partial charge < -0.3 is 4.74 Å². The van der Waals surface area contributed by atoms with Gasteiger partial charge in [-0.25, -0.2) is 0 Å². The molecule has 0 unspecified atom stereocenters. The molecule has 0 saturated carbocycles. The highest BCUT2D eigenvalue weighted by Gasteiger charge is 2.10. The molecule has 0 atom stereocenters. The van der Waals surface area contributed by atoms with E-state index >= 15 is 0 Å². The molecule has 25 heavy (non-hydrogen) atoms. The molecule has 6 heteroatoms. The van der Waals surface area contributed by atoms with Crippen LogP contribution in [0.2, 0.25) is 0 Å². The first-order chi connectivity index (χ1) is 11.9. The topological polar surface area (TPSA) is 76.8 Å². The van der Waals surface area contributed by atoms with E-state index in [0.717, 1.165) is 16.7 Å². The summed E-state index contributed by atoms with van der Waals surface area (Å²) < 4.78 is 5.57. The second kappa shape index (κ2) is 8.39. The van der Waals surface area contributed by atoms with Gasteiger partial charge in [0.25, 0.3) is 5.69 Å². The molecule has 0 aliphatic heterocycles. The van der Waals surface area contributed by atoms with Crippen LogP contribution in [0.3, 0.4) is 0 Å². The molecule has 132 valence electrons. The number of rotatable bonds is 7. The molecule has 0 amide bonds. The zero-order chi connectivity index (χ0) is 18.4. The third-order valence-electron chi connectivity index (χ3n) is 4.11. The van der Waals surface area contributed by atoms with Crippen LogP contribution in [0, 0.1) is 30.9 Å². The van der Waals surface area contributed by atoms with Crippen molar-refractivity contribution in [2.45, 2.75) is 34.3 Å². The standard InChI is InChI=1S/C19H23N3O3/c1-5-25-12-19-14(3)10-13(2)18(15(19)4)11-20-21-16-6-8-17(9-7-16)22(23)24/h6-11,21H,5,12H2,1-4H3. The third-order valence-corrected chi connectivity index (χ3v) is 4.11. The molecule has 0 aliphatic rings. The van der Waals surface area contributed by atoms with E-state index in [9.17, 15) is 10.1 Å². The SMILES string of the molecule is CCOCc1c(C)cc(C)c(C=NNc2ccc([N+](=O)[O-])cc2)c1C. The largest absolute Gasteiger partial charge is 0.377 e. The first kappa shape index (κ1) is 18.6. The van der Waals surface area contributed by atoms with Crippen LogP contribution in [0.5, 0.6) is 0 Å². The highest BCUT2D eigenvalue weighted by Crippen LogP contribution is 2.22. The predicted octanol–water partition coefficient (Wildman–Crippen LogP) is 4.50. The minimum absolute atomic E-state index is 0.0559. The molecule has 0 heterocycles. The minimum Gasteiger partial charge on any atom is -0.377 e. The molecule has 0 spiro atoms. The van der Waals surface area contributed by atoms with Crippen LogP contribution in [0.1, 0.15) is 34.7 Å². The Bertz CT molecular complexity index is 783. The van der Waals surface area contributed by atoms with E-state index in [1.165, 1.54) is 23.3 Å². The van der Waals surface area contributed by atoms with Gasteiger partial charge in [-0.3, -0.25) is 15.5 Å². The zero-order valence-corrected chi connectivity index (χ0v) is 15.0. The Kier molecular flexibility index (Phi) is 6.25. The van der Waals surface area contributed by atoms with Crippen LogP contribution in [0.25, 0.3) is 0 Å². The molecular weight excluding hydrogens is 318 g/mol. The van der Waals surface area contributed by atoms with E-state index in [1.807, 2.05) is 6.92 Å². The van der Waals surface area contributed by atoms with Gasteiger partial charge in [0, 0.05) is 24.3 Å². The molecule has 2 rings (SSSR count). The summed E-state index contributed by atoms with van der Waals surface area (Å²) in [5, 5.41) is 14.9. The van der Waals surface area contributed by atoms with Gasteiger partial charge >= 0.3 is 0 Å². The van der Waals surface area contributed by atoms with Crippen molar-refractivity contribution in [1.82, 2.24) is 0 Å². The summed E-state index contributed by atoms with van der Waals surface area (Å²) in [4.78, 5) is 10.2. The van der Waals surface area contributed by atoms with Crippen molar-refractivity contribution in [3.63, 3.8) is 0 Å². The first-order valence-electron chi connectivity index (χ1n) is 8.15. The van der Waals surface area contributed by atoms with Gasteiger partial charge in [-0.1, -0.05) is 6.07 Å². The molecule has 0 radical (unpaired) electrons. The fourth-order valence-corrected chi connectivity index (χ4v) is 2.70. The van der Waals surface area contributed by atoms with Gasteiger partial charge in [-0.15, -0.1) is 0 Å². The number of nitrogens with zero attached hydrogens (tertiary/aromatic N) is 2. The average molecular weight is 341 g/mol. The van der Waals surface area contributed by atoms with Crippen LogP contribution < -0.4 is 5.43 Å². The van der Waals surface area contributed by atoms with Crippen LogP contribution in [-0.4, -0.2) is 17.7 Å². The fraction of sp³-hybridized carbons (Fsp3) is 0.316. The van der Waals surface area contributed by atoms with Gasteiger partial charge in [0.1, 0.15) is 0 Å². The minimum atomic E-state index is -0.425. The molecule has 1 N–H and O–H groups in total. The highest BCUT2D eigenvalue weighted by atomic mass is 16.6. The Morgan fingerprint density at radius 3 is 2.48 bits per heavy atom. The lowest BCUT2D eigenvalue weighted by Gasteiger charge is -2.15.